The fourth-order valence-corrected chi connectivity index (χ4v) is 3.89. The Balaban J connectivity index is 2.99. The van der Waals surface area contributed by atoms with Crippen LogP contribution in [0, 0.1) is 5.92 Å². The van der Waals surface area contributed by atoms with E-state index >= 15 is 0 Å². The van der Waals surface area contributed by atoms with Gasteiger partial charge in [0.2, 0.25) is 10.0 Å². The largest absolute Gasteiger partial charge is 0.396 e. The van der Waals surface area contributed by atoms with Gasteiger partial charge in [-0.1, -0.05) is 64.2 Å². The van der Waals surface area contributed by atoms with Gasteiger partial charge < -0.3 is 5.11 Å². The number of primary sulfonamides is 1. The highest BCUT2D eigenvalue weighted by Crippen LogP contribution is 2.34. The smallest absolute Gasteiger partial charge is 0.238 e. The minimum atomic E-state index is -3.77. The van der Waals surface area contributed by atoms with Crippen LogP contribution in [0.15, 0.2) is 29.2 Å². The molecule has 1 aromatic carbocycles. The number of unbranched alkanes of at least 4 members (excludes halogenated alkanes) is 3. The summed E-state index contributed by atoms with van der Waals surface area (Å²) < 4.78 is 23.6. The molecular formula is C17H29NO3S. The van der Waals surface area contributed by atoms with Crippen molar-refractivity contribution in [3.05, 3.63) is 29.8 Å². The van der Waals surface area contributed by atoms with Crippen molar-refractivity contribution in [1.82, 2.24) is 0 Å². The highest BCUT2D eigenvalue weighted by atomic mass is 32.2. The van der Waals surface area contributed by atoms with Crippen molar-refractivity contribution >= 4 is 10.0 Å². The van der Waals surface area contributed by atoms with Crippen LogP contribution in [0.2, 0.25) is 0 Å². The lowest BCUT2D eigenvalue weighted by molar-refractivity contribution is 0.211. The molecule has 0 aliphatic carbocycles. The number of sulfonamides is 1. The molecular weight excluding hydrogens is 298 g/mol. The number of nitrogens with two attached hydrogens (primary N) is 1. The van der Waals surface area contributed by atoms with Gasteiger partial charge in [-0.3, -0.25) is 0 Å². The Bertz CT molecular complexity index is 543. The van der Waals surface area contributed by atoms with Gasteiger partial charge in [-0.05, 0) is 24.0 Å². The molecule has 4 nitrogen and oxygen atoms in total. The molecule has 0 amide bonds. The highest BCUT2D eigenvalue weighted by Gasteiger charge is 2.26. The summed E-state index contributed by atoms with van der Waals surface area (Å²) in [6, 6.07) is 6.77. The molecule has 5 heteroatoms. The van der Waals surface area contributed by atoms with E-state index in [1.54, 1.807) is 18.2 Å². The third-order valence-electron chi connectivity index (χ3n) is 4.34. The standard InChI is InChI=1S/C17H29NO3S/c1-3-5-6-7-10-14(4-2)16(13-19)15-11-8-9-12-17(15)22(18,20)21/h8-9,11-12,14,16,19H,3-7,10,13H2,1-2H3,(H2,18,20,21)/t14-,16-/m0/s1. The van der Waals surface area contributed by atoms with Gasteiger partial charge in [0, 0.05) is 5.92 Å². The Labute approximate surface area is 134 Å². The Hall–Kier alpha value is -0.910. The Morgan fingerprint density at radius 2 is 1.82 bits per heavy atom. The van der Waals surface area contributed by atoms with Crippen LogP contribution in [0.1, 0.15) is 63.9 Å². The first-order chi connectivity index (χ1) is 10.5. The molecule has 0 heterocycles. The third-order valence-corrected chi connectivity index (χ3v) is 5.33. The molecule has 0 saturated heterocycles. The number of aliphatic hydroxyl groups is 1. The molecule has 22 heavy (non-hydrogen) atoms. The quantitative estimate of drug-likeness (QED) is 0.646. The second kappa shape index (κ2) is 9.28. The van der Waals surface area contributed by atoms with Crippen LogP contribution in [0.25, 0.3) is 0 Å². The molecule has 2 atom stereocenters. The second-order valence-corrected chi connectivity index (χ2v) is 7.42. The minimum absolute atomic E-state index is 0.0567. The monoisotopic (exact) mass is 327 g/mol. The third kappa shape index (κ3) is 5.38. The van der Waals surface area contributed by atoms with Crippen LogP contribution in [0.3, 0.4) is 0 Å². The number of benzene rings is 1. The van der Waals surface area contributed by atoms with Crippen molar-refractivity contribution < 1.29 is 13.5 Å². The summed E-state index contributed by atoms with van der Waals surface area (Å²) in [5.41, 5.74) is 0.648. The van der Waals surface area contributed by atoms with Crippen LogP contribution in [-0.2, 0) is 10.0 Å². The maximum atomic E-state index is 11.8. The molecule has 0 unspecified atom stereocenters. The summed E-state index contributed by atoms with van der Waals surface area (Å²) in [6.07, 6.45) is 6.61. The maximum absolute atomic E-state index is 11.8. The second-order valence-electron chi connectivity index (χ2n) is 5.89. The zero-order valence-corrected chi connectivity index (χ0v) is 14.5. The molecule has 0 radical (unpaired) electrons. The van der Waals surface area contributed by atoms with Gasteiger partial charge in [0.25, 0.3) is 0 Å². The summed E-state index contributed by atoms with van der Waals surface area (Å²) in [6.45, 7) is 4.21. The number of hydrogen-bond donors (Lipinski definition) is 2. The van der Waals surface area contributed by atoms with Gasteiger partial charge in [-0.25, -0.2) is 13.6 Å². The molecule has 1 aromatic rings. The SMILES string of the molecule is CCCCCC[C@H](CC)[C@H](CO)c1ccccc1S(N)(=O)=O. The minimum Gasteiger partial charge on any atom is -0.396 e. The van der Waals surface area contributed by atoms with Crippen LogP contribution in [0.5, 0.6) is 0 Å². The fraction of sp³-hybridized carbons (Fsp3) is 0.647. The van der Waals surface area contributed by atoms with Gasteiger partial charge in [0.1, 0.15) is 0 Å². The van der Waals surface area contributed by atoms with E-state index in [0.717, 1.165) is 19.3 Å². The predicted octanol–water partition coefficient (Wildman–Crippen LogP) is 3.41. The van der Waals surface area contributed by atoms with Crippen LogP contribution < -0.4 is 5.14 Å². The molecule has 0 bridgehead atoms. The molecule has 0 aliphatic rings. The van der Waals surface area contributed by atoms with Crippen molar-refractivity contribution in [3.63, 3.8) is 0 Å². The average Bonchev–Trinajstić information content (AvgIpc) is 2.49. The molecule has 0 saturated carbocycles. The van der Waals surface area contributed by atoms with E-state index < -0.39 is 10.0 Å². The van der Waals surface area contributed by atoms with E-state index in [9.17, 15) is 13.5 Å². The number of hydrogen-bond acceptors (Lipinski definition) is 3. The predicted molar refractivity (Wildman–Crippen MR) is 90.2 cm³/mol. The van der Waals surface area contributed by atoms with Gasteiger partial charge in [-0.15, -0.1) is 0 Å². The Morgan fingerprint density at radius 3 is 2.36 bits per heavy atom. The zero-order chi connectivity index (χ0) is 16.6. The lowest BCUT2D eigenvalue weighted by Gasteiger charge is -2.26. The van der Waals surface area contributed by atoms with E-state index in [1.165, 1.54) is 25.3 Å². The molecule has 3 N–H and O–H groups in total. The molecule has 0 aliphatic heterocycles. The van der Waals surface area contributed by atoms with Gasteiger partial charge >= 0.3 is 0 Å². The van der Waals surface area contributed by atoms with Crippen LogP contribution in [-0.4, -0.2) is 20.1 Å². The summed E-state index contributed by atoms with van der Waals surface area (Å²) in [5.74, 6) is 0.0888. The first-order valence-corrected chi connectivity index (χ1v) is 9.72. The van der Waals surface area contributed by atoms with E-state index in [-0.39, 0.29) is 23.3 Å². The van der Waals surface area contributed by atoms with Crippen molar-refractivity contribution in [3.8, 4) is 0 Å². The van der Waals surface area contributed by atoms with Crippen molar-refractivity contribution in [2.75, 3.05) is 6.61 Å². The van der Waals surface area contributed by atoms with E-state index in [0.29, 0.717) is 5.56 Å². The molecule has 1 rings (SSSR count). The summed E-state index contributed by atoms with van der Waals surface area (Å²) in [5, 5.41) is 15.2. The van der Waals surface area contributed by atoms with Crippen molar-refractivity contribution in [1.29, 1.82) is 0 Å². The van der Waals surface area contributed by atoms with E-state index in [4.69, 9.17) is 5.14 Å². The molecule has 126 valence electrons. The Kier molecular flexibility index (Phi) is 8.07. The summed E-state index contributed by atoms with van der Waals surface area (Å²) in [7, 11) is -3.77. The molecule has 0 fully saturated rings. The number of rotatable bonds is 10. The van der Waals surface area contributed by atoms with Crippen LogP contribution >= 0.6 is 0 Å². The Morgan fingerprint density at radius 1 is 1.14 bits per heavy atom. The average molecular weight is 327 g/mol. The van der Waals surface area contributed by atoms with E-state index in [1.807, 2.05) is 0 Å². The normalized spacial score (nSPS) is 14.7. The topological polar surface area (TPSA) is 80.4 Å². The molecule has 0 spiro atoms. The first kappa shape index (κ1) is 19.1. The van der Waals surface area contributed by atoms with E-state index in [2.05, 4.69) is 13.8 Å². The lowest BCUT2D eigenvalue weighted by Crippen LogP contribution is -2.22. The zero-order valence-electron chi connectivity index (χ0n) is 13.7. The molecule has 0 aromatic heterocycles. The first-order valence-electron chi connectivity index (χ1n) is 8.18. The van der Waals surface area contributed by atoms with Crippen LogP contribution in [0.4, 0.5) is 0 Å². The fourth-order valence-electron chi connectivity index (χ4n) is 3.07. The maximum Gasteiger partial charge on any atom is 0.238 e. The highest BCUT2D eigenvalue weighted by molar-refractivity contribution is 7.89. The summed E-state index contributed by atoms with van der Waals surface area (Å²) >= 11 is 0. The summed E-state index contributed by atoms with van der Waals surface area (Å²) in [4.78, 5) is 0.140. The lowest BCUT2D eigenvalue weighted by atomic mass is 9.81. The van der Waals surface area contributed by atoms with Crippen molar-refractivity contribution in [2.45, 2.75) is 63.2 Å². The van der Waals surface area contributed by atoms with Crippen molar-refractivity contribution in [2.24, 2.45) is 11.1 Å². The van der Waals surface area contributed by atoms with Gasteiger partial charge in [-0.2, -0.15) is 0 Å². The number of aliphatic hydroxyl groups excluding tert-OH is 1. The van der Waals surface area contributed by atoms with Gasteiger partial charge in [0.05, 0.1) is 11.5 Å². The van der Waals surface area contributed by atoms with Gasteiger partial charge in [0.15, 0.2) is 0 Å².